The summed E-state index contributed by atoms with van der Waals surface area (Å²) in [4.78, 5) is 25.0. The molecule has 0 saturated carbocycles. The predicted molar refractivity (Wildman–Crippen MR) is 97.5 cm³/mol. The molecule has 1 atom stereocenters. The van der Waals surface area contributed by atoms with Crippen molar-refractivity contribution in [1.82, 2.24) is 9.36 Å². The maximum Gasteiger partial charge on any atom is 0.359 e. The Morgan fingerprint density at radius 2 is 1.85 bits per heavy atom. The Bertz CT molecular complexity index is 925. The number of hydrazone groups is 1. The summed E-state index contributed by atoms with van der Waals surface area (Å²) in [5, 5.41) is 4.09. The first-order chi connectivity index (χ1) is 12.2. The third kappa shape index (κ3) is 3.15. The number of para-hydroxylation sites is 1. The third-order valence-electron chi connectivity index (χ3n) is 4.24. The summed E-state index contributed by atoms with van der Waals surface area (Å²) < 4.78 is 14.0. The number of hydrogen-bond donors (Lipinski definition) is 1. The van der Waals surface area contributed by atoms with E-state index in [1.165, 1.54) is 4.68 Å². The molecular formula is C18H22N4O4. The van der Waals surface area contributed by atoms with Crippen LogP contribution in [-0.2, 0) is 21.3 Å². The predicted octanol–water partition coefficient (Wildman–Crippen LogP) is 1.95. The molecule has 1 aromatic heterocycles. The highest BCUT2D eigenvalue weighted by Crippen LogP contribution is 2.22. The molecule has 0 spiro atoms. The zero-order valence-corrected chi connectivity index (χ0v) is 15.4. The van der Waals surface area contributed by atoms with Crippen LogP contribution in [0.3, 0.4) is 0 Å². The fourth-order valence-electron chi connectivity index (χ4n) is 2.90. The van der Waals surface area contributed by atoms with Crippen LogP contribution < -0.4 is 11.0 Å². The Hall–Kier alpha value is -2.87. The smallest absolute Gasteiger partial charge is 0.359 e. The van der Waals surface area contributed by atoms with E-state index in [1.54, 1.807) is 39.4 Å². The lowest BCUT2D eigenvalue weighted by Crippen LogP contribution is -2.48. The maximum atomic E-state index is 12.8. The van der Waals surface area contributed by atoms with Crippen LogP contribution in [0, 0.1) is 6.92 Å². The van der Waals surface area contributed by atoms with Crippen molar-refractivity contribution in [3.05, 3.63) is 46.4 Å². The van der Waals surface area contributed by atoms with E-state index in [4.69, 9.17) is 9.47 Å². The Kier molecular flexibility index (Phi) is 4.45. The zero-order chi connectivity index (χ0) is 19.1. The van der Waals surface area contributed by atoms with Crippen LogP contribution in [-0.4, -0.2) is 32.9 Å². The Morgan fingerprint density at radius 3 is 2.46 bits per heavy atom. The number of carbonyl (C=O) groups is 1. The molecule has 1 fully saturated rings. The van der Waals surface area contributed by atoms with Crippen molar-refractivity contribution in [2.24, 2.45) is 12.1 Å². The van der Waals surface area contributed by atoms with Crippen molar-refractivity contribution < 1.29 is 14.3 Å². The second-order valence-corrected chi connectivity index (χ2v) is 6.59. The van der Waals surface area contributed by atoms with Crippen molar-refractivity contribution >= 4 is 17.4 Å². The highest BCUT2D eigenvalue weighted by Gasteiger charge is 2.38. The Morgan fingerprint density at radius 1 is 1.19 bits per heavy atom. The Labute approximate surface area is 151 Å². The summed E-state index contributed by atoms with van der Waals surface area (Å²) in [5.41, 5.74) is 4.24. The van der Waals surface area contributed by atoms with E-state index < -0.39 is 17.9 Å². The highest BCUT2D eigenvalue weighted by molar-refractivity contribution is 6.38. The molecule has 26 heavy (non-hydrogen) atoms. The van der Waals surface area contributed by atoms with Gasteiger partial charge in [0.1, 0.15) is 11.8 Å². The minimum absolute atomic E-state index is 0.0817. The molecule has 138 valence electrons. The lowest BCUT2D eigenvalue weighted by molar-refractivity contribution is -0.227. The minimum Gasteiger partial charge on any atom is -0.429 e. The number of ether oxygens (including phenoxy) is 2. The van der Waals surface area contributed by atoms with Gasteiger partial charge < -0.3 is 9.47 Å². The number of hydrogen-bond acceptors (Lipinski definition) is 6. The number of benzene rings is 1. The van der Waals surface area contributed by atoms with Crippen LogP contribution in [0.5, 0.6) is 0 Å². The van der Waals surface area contributed by atoms with E-state index in [9.17, 15) is 9.59 Å². The second-order valence-electron chi connectivity index (χ2n) is 6.59. The number of aromatic nitrogens is 2. The van der Waals surface area contributed by atoms with Gasteiger partial charge in [-0.25, -0.2) is 9.48 Å². The van der Waals surface area contributed by atoms with Crippen LogP contribution >= 0.6 is 0 Å². The summed E-state index contributed by atoms with van der Waals surface area (Å²) in [6.07, 6.45) is -0.556. The van der Waals surface area contributed by atoms with E-state index in [-0.39, 0.29) is 17.0 Å². The average Bonchev–Trinajstić information content (AvgIpc) is 2.77. The summed E-state index contributed by atoms with van der Waals surface area (Å²) >= 11 is 0. The van der Waals surface area contributed by atoms with Gasteiger partial charge in [0.15, 0.2) is 5.71 Å². The van der Waals surface area contributed by atoms with Crippen LogP contribution in [0.15, 0.2) is 40.2 Å². The molecule has 2 aromatic rings. The first-order valence-corrected chi connectivity index (χ1v) is 8.30. The first-order valence-electron chi connectivity index (χ1n) is 8.30. The van der Waals surface area contributed by atoms with Gasteiger partial charge in [0.2, 0.25) is 5.79 Å². The quantitative estimate of drug-likeness (QED) is 0.669. The highest BCUT2D eigenvalue weighted by atomic mass is 16.7. The van der Waals surface area contributed by atoms with Crippen molar-refractivity contribution in [2.45, 2.75) is 39.6 Å². The number of carbonyl (C=O) groups excluding carboxylic acids is 1. The van der Waals surface area contributed by atoms with Gasteiger partial charge >= 0.3 is 5.97 Å². The van der Waals surface area contributed by atoms with Crippen LogP contribution in [0.2, 0.25) is 0 Å². The number of nitrogens with zero attached hydrogens (tertiary/aromatic N) is 3. The van der Waals surface area contributed by atoms with Crippen LogP contribution in [0.4, 0.5) is 5.69 Å². The summed E-state index contributed by atoms with van der Waals surface area (Å²) in [6.45, 7) is 6.82. The molecule has 1 aromatic carbocycles. The molecule has 1 aliphatic rings. The maximum absolute atomic E-state index is 12.8. The fourth-order valence-corrected chi connectivity index (χ4v) is 2.90. The lowest BCUT2D eigenvalue weighted by atomic mass is 10.2. The van der Waals surface area contributed by atoms with Gasteiger partial charge in [-0.05, 0) is 26.0 Å². The van der Waals surface area contributed by atoms with E-state index in [0.29, 0.717) is 5.69 Å². The molecule has 1 saturated heterocycles. The second kappa shape index (κ2) is 6.45. The average molecular weight is 358 g/mol. The molecule has 0 bridgehead atoms. The summed E-state index contributed by atoms with van der Waals surface area (Å²) in [5.74, 6) is -1.57. The van der Waals surface area contributed by atoms with Gasteiger partial charge in [-0.15, -0.1) is 0 Å². The van der Waals surface area contributed by atoms with Crippen LogP contribution in [0.25, 0.3) is 5.69 Å². The lowest BCUT2D eigenvalue weighted by Gasteiger charge is -2.33. The van der Waals surface area contributed by atoms with Gasteiger partial charge in [-0.3, -0.25) is 14.9 Å². The number of esters is 1. The number of rotatable bonds is 3. The zero-order valence-electron chi connectivity index (χ0n) is 15.4. The normalized spacial score (nSPS) is 20.9. The van der Waals surface area contributed by atoms with Crippen molar-refractivity contribution in [2.75, 3.05) is 5.43 Å². The van der Waals surface area contributed by atoms with Gasteiger partial charge in [-0.2, -0.15) is 5.10 Å². The van der Waals surface area contributed by atoms with E-state index in [0.717, 1.165) is 5.69 Å². The topological polar surface area (TPSA) is 86.9 Å². The molecule has 0 aliphatic carbocycles. The number of cyclic esters (lactones) is 1. The van der Waals surface area contributed by atoms with Crippen molar-refractivity contribution in [3.8, 4) is 5.69 Å². The molecule has 1 N–H and O–H groups in total. The summed E-state index contributed by atoms with van der Waals surface area (Å²) in [6, 6.07) is 9.28. The van der Waals surface area contributed by atoms with Gasteiger partial charge in [0, 0.05) is 20.9 Å². The molecule has 2 heterocycles. The molecule has 8 nitrogen and oxygen atoms in total. The monoisotopic (exact) mass is 358 g/mol. The standard InChI is InChI=1S/C18H22N4O4/c1-11-14(16(23)22(21(11)5)13-9-7-6-8-10-13)19-20-15-12(2)25-18(3,4)26-17(15)24/h6-10,12,19H,1-5H3/b20-15+. The molecule has 3 rings (SSSR count). The first kappa shape index (κ1) is 17.9. The molecule has 0 radical (unpaired) electrons. The minimum atomic E-state index is -1.00. The Balaban J connectivity index is 1.95. The summed E-state index contributed by atoms with van der Waals surface area (Å²) in [7, 11) is 1.78. The number of nitrogens with one attached hydrogen (secondary N) is 1. The largest absolute Gasteiger partial charge is 0.429 e. The third-order valence-corrected chi connectivity index (χ3v) is 4.24. The molecular weight excluding hydrogens is 336 g/mol. The van der Waals surface area contributed by atoms with Crippen LogP contribution in [0.1, 0.15) is 26.5 Å². The molecule has 1 aliphatic heterocycles. The SMILES string of the molecule is Cc1c(N/N=C2/C(=O)OC(C)(C)OC2C)c(=O)n(-c2ccccc2)n1C. The molecule has 1 unspecified atom stereocenters. The molecule has 8 heteroatoms. The number of anilines is 1. The van der Waals surface area contributed by atoms with Crippen molar-refractivity contribution in [1.29, 1.82) is 0 Å². The van der Waals surface area contributed by atoms with Gasteiger partial charge in [-0.1, -0.05) is 18.2 Å². The van der Waals surface area contributed by atoms with Crippen molar-refractivity contribution in [3.63, 3.8) is 0 Å². The van der Waals surface area contributed by atoms with E-state index >= 15 is 0 Å². The molecule has 0 amide bonds. The van der Waals surface area contributed by atoms with E-state index in [1.807, 2.05) is 30.3 Å². The van der Waals surface area contributed by atoms with Gasteiger partial charge in [0.05, 0.1) is 11.4 Å². The van der Waals surface area contributed by atoms with E-state index in [2.05, 4.69) is 10.5 Å². The van der Waals surface area contributed by atoms with Gasteiger partial charge in [0.25, 0.3) is 5.56 Å². The fraction of sp³-hybridized carbons (Fsp3) is 0.389.